The van der Waals surface area contributed by atoms with Gasteiger partial charge in [-0.2, -0.15) is 0 Å². The van der Waals surface area contributed by atoms with Crippen molar-refractivity contribution in [2.45, 2.75) is 13.3 Å². The van der Waals surface area contributed by atoms with E-state index in [-0.39, 0.29) is 5.91 Å². The predicted octanol–water partition coefficient (Wildman–Crippen LogP) is 3.51. The zero-order valence-corrected chi connectivity index (χ0v) is 15.4. The van der Waals surface area contributed by atoms with E-state index in [1.165, 1.54) is 18.0 Å². The Morgan fingerprint density at radius 2 is 1.74 bits per heavy atom. The summed E-state index contributed by atoms with van der Waals surface area (Å²) in [5.74, 6) is 1.07. The first-order chi connectivity index (χ1) is 13.2. The quantitative estimate of drug-likeness (QED) is 0.673. The third-order valence-corrected chi connectivity index (χ3v) is 4.09. The van der Waals surface area contributed by atoms with Crippen LogP contribution in [0.4, 0.5) is 11.6 Å². The highest BCUT2D eigenvalue weighted by atomic mass is 16.5. The number of nitrogens with zero attached hydrogens (tertiary/aromatic N) is 2. The molecule has 0 bridgehead atoms. The van der Waals surface area contributed by atoms with E-state index in [1.54, 1.807) is 7.11 Å². The molecule has 0 saturated heterocycles. The molecule has 0 unspecified atom stereocenters. The zero-order chi connectivity index (χ0) is 19.1. The largest absolute Gasteiger partial charge is 0.496 e. The van der Waals surface area contributed by atoms with Crippen molar-refractivity contribution in [2.24, 2.45) is 0 Å². The van der Waals surface area contributed by atoms with Crippen LogP contribution in [0.1, 0.15) is 21.5 Å². The highest BCUT2D eigenvalue weighted by molar-refractivity contribution is 5.93. The summed E-state index contributed by atoms with van der Waals surface area (Å²) < 4.78 is 5.32. The number of carbonyl (C=O) groups excluding carboxylic acids is 1. The van der Waals surface area contributed by atoms with E-state index < -0.39 is 0 Å². The second-order valence-electron chi connectivity index (χ2n) is 6.10. The lowest BCUT2D eigenvalue weighted by Gasteiger charge is -2.09. The van der Waals surface area contributed by atoms with Crippen molar-refractivity contribution in [3.8, 4) is 5.75 Å². The maximum absolute atomic E-state index is 12.3. The number of carbonyl (C=O) groups is 1. The van der Waals surface area contributed by atoms with Gasteiger partial charge in [0.25, 0.3) is 5.91 Å². The Hall–Kier alpha value is -3.41. The fourth-order valence-electron chi connectivity index (χ4n) is 2.60. The van der Waals surface area contributed by atoms with Crippen LogP contribution < -0.4 is 15.4 Å². The molecule has 2 aromatic carbocycles. The summed E-state index contributed by atoms with van der Waals surface area (Å²) in [6.45, 7) is 2.53. The first kappa shape index (κ1) is 18.4. The Morgan fingerprint density at radius 3 is 2.44 bits per heavy atom. The molecule has 6 heteroatoms. The van der Waals surface area contributed by atoms with Crippen molar-refractivity contribution in [1.82, 2.24) is 15.3 Å². The number of ether oxygens (including phenoxy) is 1. The van der Waals surface area contributed by atoms with Gasteiger partial charge in [0.05, 0.1) is 12.7 Å². The second kappa shape index (κ2) is 8.80. The molecule has 0 saturated carbocycles. The standard InChI is InChI=1S/C21H22N4O2/c1-15-7-9-18(10-8-15)25-21-23-13-17(14-24-21)20(26)22-12-11-16-5-3-4-6-19(16)27-2/h3-10,13-14H,11-12H2,1-2H3,(H,22,26)(H,23,24,25). The molecule has 3 aromatic rings. The number of nitrogens with one attached hydrogen (secondary N) is 2. The number of methoxy groups -OCH3 is 1. The molecular formula is C21H22N4O2. The van der Waals surface area contributed by atoms with Gasteiger partial charge in [-0.15, -0.1) is 0 Å². The Balaban J connectivity index is 1.53. The molecule has 27 heavy (non-hydrogen) atoms. The molecule has 6 nitrogen and oxygen atoms in total. The topological polar surface area (TPSA) is 76.1 Å². The van der Waals surface area contributed by atoms with Crippen LogP contribution >= 0.6 is 0 Å². The van der Waals surface area contributed by atoms with Crippen LogP contribution in [0.5, 0.6) is 5.75 Å². The summed E-state index contributed by atoms with van der Waals surface area (Å²) in [6.07, 6.45) is 3.72. The van der Waals surface area contributed by atoms with Gasteiger partial charge in [-0.3, -0.25) is 4.79 Å². The maximum atomic E-state index is 12.3. The summed E-state index contributed by atoms with van der Waals surface area (Å²) in [4.78, 5) is 20.7. The van der Waals surface area contributed by atoms with E-state index in [9.17, 15) is 4.79 Å². The highest BCUT2D eigenvalue weighted by Crippen LogP contribution is 2.17. The summed E-state index contributed by atoms with van der Waals surface area (Å²) in [6, 6.07) is 15.7. The smallest absolute Gasteiger partial charge is 0.254 e. The lowest BCUT2D eigenvalue weighted by Crippen LogP contribution is -2.26. The zero-order valence-electron chi connectivity index (χ0n) is 15.4. The molecule has 0 atom stereocenters. The fraction of sp³-hybridized carbons (Fsp3) is 0.190. The molecule has 0 aliphatic heterocycles. The Kier molecular flexibility index (Phi) is 5.99. The number of anilines is 2. The van der Waals surface area contributed by atoms with Gasteiger partial charge in [0.1, 0.15) is 5.75 Å². The molecule has 0 aliphatic rings. The second-order valence-corrected chi connectivity index (χ2v) is 6.10. The Bertz CT molecular complexity index is 893. The molecule has 0 spiro atoms. The van der Waals surface area contributed by atoms with Crippen LogP contribution in [0.3, 0.4) is 0 Å². The first-order valence-corrected chi connectivity index (χ1v) is 8.71. The summed E-state index contributed by atoms with van der Waals surface area (Å²) in [5.41, 5.74) is 3.55. The minimum atomic E-state index is -0.202. The van der Waals surface area contributed by atoms with E-state index in [1.807, 2.05) is 55.5 Å². The average molecular weight is 362 g/mol. The number of hydrogen-bond donors (Lipinski definition) is 2. The number of aromatic nitrogens is 2. The normalized spacial score (nSPS) is 10.3. The van der Waals surface area contributed by atoms with E-state index in [0.717, 1.165) is 17.0 Å². The lowest BCUT2D eigenvalue weighted by atomic mass is 10.1. The lowest BCUT2D eigenvalue weighted by molar-refractivity contribution is 0.0953. The number of hydrogen-bond acceptors (Lipinski definition) is 5. The van der Waals surface area contributed by atoms with Gasteiger partial charge in [-0.1, -0.05) is 35.9 Å². The minimum absolute atomic E-state index is 0.202. The highest BCUT2D eigenvalue weighted by Gasteiger charge is 2.08. The van der Waals surface area contributed by atoms with E-state index >= 15 is 0 Å². The van der Waals surface area contributed by atoms with Crippen LogP contribution in [0.15, 0.2) is 60.9 Å². The number of amides is 1. The third-order valence-electron chi connectivity index (χ3n) is 4.09. The third kappa shape index (κ3) is 5.04. The van der Waals surface area contributed by atoms with Gasteiger partial charge in [-0.25, -0.2) is 9.97 Å². The summed E-state index contributed by atoms with van der Waals surface area (Å²) in [7, 11) is 1.64. The molecule has 0 radical (unpaired) electrons. The fourth-order valence-corrected chi connectivity index (χ4v) is 2.60. The number of para-hydroxylation sites is 1. The molecule has 1 aromatic heterocycles. The van der Waals surface area contributed by atoms with Crippen LogP contribution in [0.25, 0.3) is 0 Å². The monoisotopic (exact) mass is 362 g/mol. The van der Waals surface area contributed by atoms with Crippen molar-refractivity contribution >= 4 is 17.5 Å². The molecular weight excluding hydrogens is 340 g/mol. The minimum Gasteiger partial charge on any atom is -0.496 e. The van der Waals surface area contributed by atoms with Gasteiger partial charge >= 0.3 is 0 Å². The van der Waals surface area contributed by atoms with Crippen molar-refractivity contribution < 1.29 is 9.53 Å². The van der Waals surface area contributed by atoms with Gasteiger partial charge in [-0.05, 0) is 37.1 Å². The average Bonchev–Trinajstić information content (AvgIpc) is 2.70. The van der Waals surface area contributed by atoms with Crippen molar-refractivity contribution in [2.75, 3.05) is 19.0 Å². The van der Waals surface area contributed by atoms with Gasteiger partial charge < -0.3 is 15.4 Å². The molecule has 1 heterocycles. The molecule has 3 rings (SSSR count). The first-order valence-electron chi connectivity index (χ1n) is 8.71. The Morgan fingerprint density at radius 1 is 1.04 bits per heavy atom. The maximum Gasteiger partial charge on any atom is 0.254 e. The van der Waals surface area contributed by atoms with Crippen molar-refractivity contribution in [3.63, 3.8) is 0 Å². The van der Waals surface area contributed by atoms with Crippen molar-refractivity contribution in [3.05, 3.63) is 77.6 Å². The van der Waals surface area contributed by atoms with Crippen LogP contribution in [0.2, 0.25) is 0 Å². The van der Waals surface area contributed by atoms with Crippen LogP contribution in [-0.4, -0.2) is 29.5 Å². The molecule has 138 valence electrons. The predicted molar refractivity (Wildman–Crippen MR) is 106 cm³/mol. The summed E-state index contributed by atoms with van der Waals surface area (Å²) in [5, 5.41) is 5.99. The number of aryl methyl sites for hydroxylation is 1. The van der Waals surface area contributed by atoms with E-state index in [2.05, 4.69) is 20.6 Å². The molecule has 2 N–H and O–H groups in total. The number of rotatable bonds is 7. The van der Waals surface area contributed by atoms with Crippen LogP contribution in [-0.2, 0) is 6.42 Å². The molecule has 1 amide bonds. The summed E-state index contributed by atoms with van der Waals surface area (Å²) >= 11 is 0. The van der Waals surface area contributed by atoms with E-state index in [4.69, 9.17) is 4.74 Å². The number of benzene rings is 2. The van der Waals surface area contributed by atoms with Crippen molar-refractivity contribution in [1.29, 1.82) is 0 Å². The SMILES string of the molecule is COc1ccccc1CCNC(=O)c1cnc(Nc2ccc(C)cc2)nc1. The van der Waals surface area contributed by atoms with E-state index in [0.29, 0.717) is 24.5 Å². The van der Waals surface area contributed by atoms with Gasteiger partial charge in [0.15, 0.2) is 0 Å². The molecule has 0 fully saturated rings. The van der Waals surface area contributed by atoms with Gasteiger partial charge in [0.2, 0.25) is 5.95 Å². The Labute approximate surface area is 158 Å². The molecule has 0 aliphatic carbocycles. The van der Waals surface area contributed by atoms with Gasteiger partial charge in [0, 0.05) is 24.6 Å². The van der Waals surface area contributed by atoms with Crippen LogP contribution in [0, 0.1) is 6.92 Å².